The molecule has 2 aromatic heterocycles. The molecule has 0 fully saturated rings. The van der Waals surface area contributed by atoms with Crippen molar-refractivity contribution in [1.82, 2.24) is 5.16 Å². The standard InChI is InChI=1S/C12H7F3N2OS/c13-12(14,15)7-2-1-3-9-6(7)4-10(19-9)8-5-11(16)17-18-8/h1-5H,(H2,16,17). The summed E-state index contributed by atoms with van der Waals surface area (Å²) in [5, 5.41) is 3.68. The Morgan fingerprint density at radius 2 is 2.00 bits per heavy atom. The fourth-order valence-corrected chi connectivity index (χ4v) is 2.87. The van der Waals surface area contributed by atoms with Crippen LogP contribution in [0.15, 0.2) is 34.9 Å². The van der Waals surface area contributed by atoms with E-state index in [0.29, 0.717) is 15.3 Å². The van der Waals surface area contributed by atoms with Gasteiger partial charge in [-0.2, -0.15) is 13.2 Å². The van der Waals surface area contributed by atoms with Gasteiger partial charge in [0.05, 0.1) is 10.4 Å². The predicted octanol–water partition coefficient (Wildman–Crippen LogP) is 4.16. The van der Waals surface area contributed by atoms with E-state index in [1.807, 2.05) is 0 Å². The number of thiophene rings is 1. The summed E-state index contributed by atoms with van der Waals surface area (Å²) in [6.07, 6.45) is -4.38. The number of anilines is 1. The van der Waals surface area contributed by atoms with Crippen molar-refractivity contribution in [2.24, 2.45) is 0 Å². The first-order chi connectivity index (χ1) is 8.95. The van der Waals surface area contributed by atoms with Crippen molar-refractivity contribution in [3.8, 4) is 10.6 Å². The summed E-state index contributed by atoms with van der Waals surface area (Å²) in [6.45, 7) is 0. The molecule has 0 atom stereocenters. The molecule has 0 saturated carbocycles. The Bertz CT molecular complexity index is 745. The first kappa shape index (κ1) is 12.0. The minimum absolute atomic E-state index is 0.157. The fraction of sp³-hybridized carbons (Fsp3) is 0.0833. The largest absolute Gasteiger partial charge is 0.417 e. The Labute approximate surface area is 109 Å². The van der Waals surface area contributed by atoms with E-state index in [9.17, 15) is 13.2 Å². The molecule has 0 amide bonds. The quantitative estimate of drug-likeness (QED) is 0.730. The highest BCUT2D eigenvalue weighted by atomic mass is 32.1. The highest BCUT2D eigenvalue weighted by Crippen LogP contribution is 2.40. The number of hydrogen-bond acceptors (Lipinski definition) is 4. The Morgan fingerprint density at radius 3 is 2.63 bits per heavy atom. The second-order valence-electron chi connectivity index (χ2n) is 3.94. The van der Waals surface area contributed by atoms with Crippen molar-refractivity contribution in [1.29, 1.82) is 0 Å². The van der Waals surface area contributed by atoms with Crippen molar-refractivity contribution in [2.45, 2.75) is 6.18 Å². The van der Waals surface area contributed by atoms with Crippen LogP contribution in [0, 0.1) is 0 Å². The van der Waals surface area contributed by atoms with Gasteiger partial charge in [-0.05, 0) is 18.2 Å². The molecule has 3 rings (SSSR count). The normalized spacial score (nSPS) is 12.2. The van der Waals surface area contributed by atoms with Gasteiger partial charge in [0.2, 0.25) is 0 Å². The zero-order chi connectivity index (χ0) is 13.6. The van der Waals surface area contributed by atoms with Crippen LogP contribution in [-0.4, -0.2) is 5.16 Å². The fourth-order valence-electron chi connectivity index (χ4n) is 1.83. The van der Waals surface area contributed by atoms with Crippen molar-refractivity contribution in [2.75, 3.05) is 5.73 Å². The van der Waals surface area contributed by atoms with E-state index in [-0.39, 0.29) is 11.2 Å². The van der Waals surface area contributed by atoms with E-state index in [4.69, 9.17) is 10.3 Å². The van der Waals surface area contributed by atoms with Crippen molar-refractivity contribution in [3.63, 3.8) is 0 Å². The third-order valence-electron chi connectivity index (χ3n) is 2.64. The minimum Gasteiger partial charge on any atom is -0.381 e. The molecule has 19 heavy (non-hydrogen) atoms. The number of fused-ring (bicyclic) bond motifs is 1. The number of hydrogen-bond donors (Lipinski definition) is 1. The van der Waals surface area contributed by atoms with E-state index in [2.05, 4.69) is 5.16 Å². The molecule has 0 radical (unpaired) electrons. The maximum atomic E-state index is 12.9. The maximum absolute atomic E-state index is 12.9. The van der Waals surface area contributed by atoms with E-state index in [1.165, 1.54) is 29.5 Å². The van der Waals surface area contributed by atoms with E-state index in [0.717, 1.165) is 6.07 Å². The summed E-state index contributed by atoms with van der Waals surface area (Å²) in [6, 6.07) is 7.02. The van der Waals surface area contributed by atoms with Gasteiger partial charge in [0.1, 0.15) is 0 Å². The summed E-state index contributed by atoms with van der Waals surface area (Å²) in [5.41, 5.74) is 4.78. The van der Waals surface area contributed by atoms with Crippen LogP contribution in [-0.2, 0) is 6.18 Å². The number of nitrogens with zero attached hydrogens (tertiary/aromatic N) is 1. The average Bonchev–Trinajstić information content (AvgIpc) is 2.92. The maximum Gasteiger partial charge on any atom is 0.417 e. The molecular weight excluding hydrogens is 277 g/mol. The zero-order valence-corrected chi connectivity index (χ0v) is 10.2. The van der Waals surface area contributed by atoms with E-state index < -0.39 is 11.7 Å². The number of nitrogens with two attached hydrogens (primary N) is 1. The van der Waals surface area contributed by atoms with Crippen molar-refractivity contribution in [3.05, 3.63) is 35.9 Å². The van der Waals surface area contributed by atoms with Crippen LogP contribution in [0.4, 0.5) is 19.0 Å². The van der Waals surface area contributed by atoms with E-state index >= 15 is 0 Å². The zero-order valence-electron chi connectivity index (χ0n) is 9.36. The topological polar surface area (TPSA) is 52.0 Å². The van der Waals surface area contributed by atoms with Crippen LogP contribution in [0.5, 0.6) is 0 Å². The minimum atomic E-state index is -4.38. The van der Waals surface area contributed by atoms with Crippen LogP contribution in [0.3, 0.4) is 0 Å². The third kappa shape index (κ3) is 2.06. The lowest BCUT2D eigenvalue weighted by Crippen LogP contribution is -2.04. The number of aromatic nitrogens is 1. The summed E-state index contributed by atoms with van der Waals surface area (Å²) < 4.78 is 44.1. The lowest BCUT2D eigenvalue weighted by Gasteiger charge is -2.06. The van der Waals surface area contributed by atoms with Crippen molar-refractivity contribution < 1.29 is 17.7 Å². The molecule has 2 heterocycles. The Balaban J connectivity index is 2.21. The molecule has 0 aliphatic rings. The molecule has 0 spiro atoms. The number of benzene rings is 1. The lowest BCUT2D eigenvalue weighted by molar-refractivity contribution is -0.136. The molecule has 0 saturated heterocycles. The second kappa shape index (κ2) is 3.99. The lowest BCUT2D eigenvalue weighted by atomic mass is 10.1. The molecule has 0 aliphatic heterocycles. The summed E-state index contributed by atoms with van der Waals surface area (Å²) in [7, 11) is 0. The smallest absolute Gasteiger partial charge is 0.381 e. The highest BCUT2D eigenvalue weighted by molar-refractivity contribution is 7.22. The van der Waals surface area contributed by atoms with Gasteiger partial charge in [0.25, 0.3) is 0 Å². The van der Waals surface area contributed by atoms with Gasteiger partial charge in [-0.15, -0.1) is 11.3 Å². The summed E-state index contributed by atoms with van der Waals surface area (Å²) >= 11 is 1.20. The van der Waals surface area contributed by atoms with Gasteiger partial charge in [0, 0.05) is 16.2 Å². The monoisotopic (exact) mass is 284 g/mol. The first-order valence-electron chi connectivity index (χ1n) is 5.27. The third-order valence-corrected chi connectivity index (χ3v) is 3.75. The number of halogens is 3. The highest BCUT2D eigenvalue weighted by Gasteiger charge is 2.33. The van der Waals surface area contributed by atoms with Crippen LogP contribution < -0.4 is 5.73 Å². The van der Waals surface area contributed by atoms with Gasteiger partial charge in [-0.3, -0.25) is 0 Å². The van der Waals surface area contributed by atoms with Crippen LogP contribution in [0.2, 0.25) is 0 Å². The molecule has 98 valence electrons. The molecule has 3 nitrogen and oxygen atoms in total. The predicted molar refractivity (Wildman–Crippen MR) is 66.7 cm³/mol. The molecule has 0 aliphatic carbocycles. The van der Waals surface area contributed by atoms with Crippen LogP contribution >= 0.6 is 11.3 Å². The van der Waals surface area contributed by atoms with Gasteiger partial charge < -0.3 is 10.3 Å². The van der Waals surface area contributed by atoms with Gasteiger partial charge in [-0.1, -0.05) is 11.2 Å². The number of alkyl halides is 3. The van der Waals surface area contributed by atoms with Gasteiger partial charge in [0.15, 0.2) is 11.6 Å². The molecule has 7 heteroatoms. The Kier molecular flexibility index (Phi) is 2.53. The van der Waals surface area contributed by atoms with Gasteiger partial charge in [-0.25, -0.2) is 0 Å². The Hall–Kier alpha value is -2.02. The first-order valence-corrected chi connectivity index (χ1v) is 6.09. The summed E-state index contributed by atoms with van der Waals surface area (Å²) in [5.74, 6) is 0.565. The second-order valence-corrected chi connectivity index (χ2v) is 5.03. The molecule has 0 unspecified atom stereocenters. The molecule has 0 bridgehead atoms. The SMILES string of the molecule is Nc1cc(-c2cc3c(C(F)(F)F)cccc3s2)on1. The van der Waals surface area contributed by atoms with Crippen LogP contribution in [0.25, 0.3) is 20.7 Å². The molecule has 3 aromatic rings. The number of nitrogen functional groups attached to an aromatic ring is 1. The molecule has 1 aromatic carbocycles. The summed E-state index contributed by atoms with van der Waals surface area (Å²) in [4.78, 5) is 0.566. The average molecular weight is 284 g/mol. The van der Waals surface area contributed by atoms with Crippen LogP contribution in [0.1, 0.15) is 5.56 Å². The number of rotatable bonds is 1. The van der Waals surface area contributed by atoms with E-state index in [1.54, 1.807) is 6.07 Å². The molecule has 2 N–H and O–H groups in total. The van der Waals surface area contributed by atoms with Gasteiger partial charge >= 0.3 is 6.18 Å². The molecular formula is C12H7F3N2OS. The Morgan fingerprint density at radius 1 is 1.21 bits per heavy atom. The van der Waals surface area contributed by atoms with Crippen molar-refractivity contribution >= 4 is 27.2 Å².